The van der Waals surface area contributed by atoms with Crippen molar-refractivity contribution in [2.24, 2.45) is 0 Å². The summed E-state index contributed by atoms with van der Waals surface area (Å²) in [4.78, 5) is 12.3. The van der Waals surface area contributed by atoms with Gasteiger partial charge in [-0.1, -0.05) is 12.1 Å². The summed E-state index contributed by atoms with van der Waals surface area (Å²) in [6, 6.07) is 12.5. The summed E-state index contributed by atoms with van der Waals surface area (Å²) in [5.41, 5.74) is 0.858. The van der Waals surface area contributed by atoms with Crippen LogP contribution in [0.2, 0.25) is 0 Å². The number of ether oxygens (including phenoxy) is 5. The zero-order chi connectivity index (χ0) is 33.1. The number of carbonyl (C=O) groups is 1. The van der Waals surface area contributed by atoms with Crippen molar-refractivity contribution in [3.8, 4) is 51.6 Å². The maximum absolute atomic E-state index is 12.3. The van der Waals surface area contributed by atoms with Crippen molar-refractivity contribution >= 4 is 23.0 Å². The lowest BCUT2D eigenvalue weighted by molar-refractivity contribution is -0.278. The third-order valence-electron chi connectivity index (χ3n) is 7.16. The van der Waals surface area contributed by atoms with E-state index in [2.05, 4.69) is 0 Å². The Morgan fingerprint density at radius 2 is 1.52 bits per heavy atom. The topological polar surface area (TPSA) is 216 Å². The lowest BCUT2D eigenvalue weighted by atomic mass is 9.99. The Labute approximate surface area is 261 Å². The van der Waals surface area contributed by atoms with E-state index >= 15 is 0 Å². The van der Waals surface area contributed by atoms with Crippen LogP contribution in [0, 0.1) is 0 Å². The third kappa shape index (κ3) is 6.69. The van der Waals surface area contributed by atoms with Gasteiger partial charge in [-0.25, -0.2) is 9.21 Å². The average molecular weight is 640 g/mol. The van der Waals surface area contributed by atoms with Crippen LogP contribution in [0.25, 0.3) is 28.4 Å². The molecule has 0 spiro atoms. The number of benzene rings is 3. The maximum atomic E-state index is 12.3. The Kier molecular flexibility index (Phi) is 9.34. The van der Waals surface area contributed by atoms with Gasteiger partial charge < -0.3 is 59.4 Å². The summed E-state index contributed by atoms with van der Waals surface area (Å²) in [5, 5.41) is 72.4. The molecule has 1 aliphatic heterocycles. The number of methoxy groups -OCH3 is 2. The number of aliphatic hydroxyl groups excluding tert-OH is 3. The van der Waals surface area contributed by atoms with Crippen LogP contribution in [0.5, 0.6) is 40.2 Å². The Morgan fingerprint density at radius 3 is 2.17 bits per heavy atom. The summed E-state index contributed by atoms with van der Waals surface area (Å²) in [7, 11) is 2.64. The van der Waals surface area contributed by atoms with Crippen LogP contribution in [0.1, 0.15) is 5.56 Å². The summed E-state index contributed by atoms with van der Waals surface area (Å²) in [5.74, 6) is -1.92. The van der Waals surface area contributed by atoms with Gasteiger partial charge in [0, 0.05) is 30.3 Å². The zero-order valence-corrected chi connectivity index (χ0v) is 24.4. The van der Waals surface area contributed by atoms with E-state index in [1.165, 1.54) is 56.7 Å². The van der Waals surface area contributed by atoms with Crippen molar-refractivity contribution in [3.63, 3.8) is 0 Å². The first kappa shape index (κ1) is 32.1. The van der Waals surface area contributed by atoms with Gasteiger partial charge >= 0.3 is 17.3 Å². The van der Waals surface area contributed by atoms with Gasteiger partial charge in [0.1, 0.15) is 53.7 Å². The predicted molar refractivity (Wildman–Crippen MR) is 160 cm³/mol. The Morgan fingerprint density at radius 1 is 0.848 bits per heavy atom. The molecule has 14 nitrogen and oxygen atoms in total. The molecule has 5 atom stereocenters. The quantitative estimate of drug-likeness (QED) is 0.0796. The van der Waals surface area contributed by atoms with Crippen molar-refractivity contribution in [1.82, 2.24) is 0 Å². The summed E-state index contributed by atoms with van der Waals surface area (Å²) < 4.78 is 33.4. The van der Waals surface area contributed by atoms with E-state index in [0.29, 0.717) is 5.56 Å². The summed E-state index contributed by atoms with van der Waals surface area (Å²) in [6.07, 6.45) is -5.74. The minimum atomic E-state index is -1.81. The number of hydrogen-bond acceptors (Lipinski definition) is 13. The normalized spacial score (nSPS) is 21.3. The third-order valence-corrected chi connectivity index (χ3v) is 7.16. The molecule has 7 N–H and O–H groups in total. The molecule has 1 aliphatic rings. The number of hydrogen-bond donors (Lipinski definition) is 7. The number of aliphatic hydroxyl groups is 3. The molecule has 1 fully saturated rings. The molecule has 0 radical (unpaired) electrons. The van der Waals surface area contributed by atoms with E-state index in [1.54, 1.807) is 12.1 Å². The van der Waals surface area contributed by atoms with Crippen LogP contribution in [0.15, 0.2) is 65.1 Å². The lowest BCUT2D eigenvalue weighted by Crippen LogP contribution is -2.60. The fourth-order valence-electron chi connectivity index (χ4n) is 4.74. The molecule has 0 saturated carbocycles. The van der Waals surface area contributed by atoms with E-state index in [4.69, 9.17) is 28.1 Å². The van der Waals surface area contributed by atoms with Gasteiger partial charge in [0.2, 0.25) is 17.8 Å². The second-order valence-corrected chi connectivity index (χ2v) is 10.2. The van der Waals surface area contributed by atoms with Crippen LogP contribution in [0.4, 0.5) is 0 Å². The fraction of sp³-hybridized carbons (Fsp3) is 0.250. The molecule has 2 heterocycles. The molecule has 0 bridgehead atoms. The fourth-order valence-corrected chi connectivity index (χ4v) is 4.74. The molecule has 46 heavy (non-hydrogen) atoms. The van der Waals surface area contributed by atoms with Gasteiger partial charge in [-0.15, -0.1) is 0 Å². The van der Waals surface area contributed by atoms with Gasteiger partial charge in [0.05, 0.1) is 25.8 Å². The van der Waals surface area contributed by atoms with E-state index in [0.717, 1.165) is 12.1 Å². The van der Waals surface area contributed by atoms with E-state index < -0.39 is 43.3 Å². The van der Waals surface area contributed by atoms with Gasteiger partial charge in [-0.3, -0.25) is 0 Å². The molecule has 4 aromatic rings. The molecular formula is C32H31O14+. The molecule has 3 unspecified atom stereocenters. The first-order chi connectivity index (χ1) is 22.0. The summed E-state index contributed by atoms with van der Waals surface area (Å²) in [6.45, 7) is -0.537. The molecule has 14 heteroatoms. The van der Waals surface area contributed by atoms with Gasteiger partial charge in [0.15, 0.2) is 11.5 Å². The maximum Gasteiger partial charge on any atom is 0.402 e. The Bertz CT molecular complexity index is 1730. The Balaban J connectivity index is 1.44. The van der Waals surface area contributed by atoms with Crippen molar-refractivity contribution < 1.29 is 68.6 Å². The molecule has 0 amide bonds. The number of carbonyl (C=O) groups excluding carboxylic acids is 1. The SMILES string of the molecule is COc1cc(-c2[o+]c3cc(O)cc(O)c3cc2O[C@@H]2OC(COC(=O)/C=C/c3ccc(O)cc3)[C@@H](O)C(O)C2O)cc(OC)c1O. The highest BCUT2D eigenvalue weighted by Crippen LogP contribution is 2.45. The number of esters is 1. The first-order valence-corrected chi connectivity index (χ1v) is 13.8. The highest BCUT2D eigenvalue weighted by atomic mass is 16.7. The van der Waals surface area contributed by atoms with Crippen molar-refractivity contribution in [1.29, 1.82) is 0 Å². The van der Waals surface area contributed by atoms with Crippen LogP contribution in [0.3, 0.4) is 0 Å². The van der Waals surface area contributed by atoms with Crippen LogP contribution in [-0.2, 0) is 14.3 Å². The molecule has 1 aromatic heterocycles. The molecule has 0 aliphatic carbocycles. The molecular weight excluding hydrogens is 608 g/mol. The second kappa shape index (κ2) is 13.4. The van der Waals surface area contributed by atoms with Crippen molar-refractivity contribution in [3.05, 3.63) is 66.2 Å². The minimum Gasteiger partial charge on any atom is -0.508 e. The molecule has 5 rings (SSSR count). The predicted octanol–water partition coefficient (Wildman–Crippen LogP) is 2.66. The van der Waals surface area contributed by atoms with E-state index in [-0.39, 0.29) is 62.5 Å². The van der Waals surface area contributed by atoms with Crippen LogP contribution in [-0.4, -0.2) is 93.2 Å². The largest absolute Gasteiger partial charge is 0.508 e. The first-order valence-electron chi connectivity index (χ1n) is 13.8. The van der Waals surface area contributed by atoms with Gasteiger partial charge in [-0.2, -0.15) is 0 Å². The number of phenolic OH excluding ortho intramolecular Hbond substituents is 4. The highest BCUT2D eigenvalue weighted by molar-refractivity contribution is 5.89. The van der Waals surface area contributed by atoms with Gasteiger partial charge in [0.25, 0.3) is 0 Å². The number of fused-ring (bicyclic) bond motifs is 1. The average Bonchev–Trinajstić information content (AvgIpc) is 3.04. The number of aromatic hydroxyl groups is 4. The number of rotatable bonds is 9. The minimum absolute atomic E-state index is 0.00295. The van der Waals surface area contributed by atoms with E-state index in [1.807, 2.05) is 0 Å². The molecule has 242 valence electrons. The summed E-state index contributed by atoms with van der Waals surface area (Å²) >= 11 is 0. The zero-order valence-electron chi connectivity index (χ0n) is 24.4. The van der Waals surface area contributed by atoms with Gasteiger partial charge in [-0.05, 0) is 23.8 Å². The lowest BCUT2D eigenvalue weighted by Gasteiger charge is -2.39. The van der Waals surface area contributed by atoms with Crippen LogP contribution < -0.4 is 14.2 Å². The monoisotopic (exact) mass is 639 g/mol. The highest BCUT2D eigenvalue weighted by Gasteiger charge is 2.46. The molecule has 3 aromatic carbocycles. The standard InChI is InChI=1S/C32H30O14/c1-41-22-9-16(10-23(42-2)27(22)37)31-24(13-19-20(35)11-18(34)12-21(19)44-31)45-32-30(40)29(39)28(38)25(46-32)14-43-26(36)8-5-15-3-6-17(33)7-4-15/h3-13,25,28-30,32,38-40H,14H2,1-2H3,(H3-,33,34,35,36,37)/p+1/t25?,28-,29?,30?,32-/m1/s1. The van der Waals surface area contributed by atoms with Crippen molar-refractivity contribution in [2.45, 2.75) is 30.7 Å². The molecule has 1 saturated heterocycles. The Hall–Kier alpha value is -5.28. The smallest absolute Gasteiger partial charge is 0.402 e. The van der Waals surface area contributed by atoms with E-state index in [9.17, 15) is 40.5 Å². The number of phenols is 4. The van der Waals surface area contributed by atoms with Crippen LogP contribution >= 0.6 is 0 Å². The second-order valence-electron chi connectivity index (χ2n) is 10.2. The van der Waals surface area contributed by atoms with Crippen molar-refractivity contribution in [2.75, 3.05) is 20.8 Å².